The van der Waals surface area contributed by atoms with Gasteiger partial charge in [-0.05, 0) is 52.7 Å². The molecular formula is C22H28F2N4O3. The zero-order valence-corrected chi connectivity index (χ0v) is 18.2. The van der Waals surface area contributed by atoms with Crippen molar-refractivity contribution < 1.29 is 23.1 Å². The Labute approximate surface area is 180 Å². The third-order valence-electron chi connectivity index (χ3n) is 5.13. The number of carbonyl (C=O) groups is 2. The summed E-state index contributed by atoms with van der Waals surface area (Å²) in [7, 11) is 0. The maximum atomic E-state index is 13.0. The molecule has 1 atom stereocenters. The van der Waals surface area contributed by atoms with Crippen LogP contribution in [0, 0.1) is 12.8 Å². The summed E-state index contributed by atoms with van der Waals surface area (Å²) in [5.41, 5.74) is 0.548. The van der Waals surface area contributed by atoms with Crippen LogP contribution >= 0.6 is 0 Å². The van der Waals surface area contributed by atoms with Crippen molar-refractivity contribution in [2.75, 3.05) is 18.4 Å². The summed E-state index contributed by atoms with van der Waals surface area (Å²) in [4.78, 5) is 27.5. The molecule has 1 saturated heterocycles. The van der Waals surface area contributed by atoms with Crippen LogP contribution in [-0.2, 0) is 10.3 Å². The molecule has 0 bridgehead atoms. The first-order valence-electron chi connectivity index (χ1n) is 10.3. The van der Waals surface area contributed by atoms with Gasteiger partial charge < -0.3 is 15.0 Å². The molecule has 3 rings (SSSR count). The maximum Gasteiger partial charge on any atom is 0.387 e. The highest BCUT2D eigenvalue weighted by atomic mass is 19.3. The van der Waals surface area contributed by atoms with Gasteiger partial charge >= 0.3 is 6.61 Å². The number of ether oxygens (including phenoxy) is 1. The molecule has 1 aromatic carbocycles. The van der Waals surface area contributed by atoms with Crippen LogP contribution in [0.25, 0.3) is 0 Å². The van der Waals surface area contributed by atoms with Crippen molar-refractivity contribution in [3.63, 3.8) is 0 Å². The fraction of sp³-hybridized carbons (Fsp3) is 0.500. The van der Waals surface area contributed by atoms with Gasteiger partial charge in [0, 0.05) is 19.2 Å². The third kappa shape index (κ3) is 5.39. The Morgan fingerprint density at radius 3 is 2.65 bits per heavy atom. The number of alkyl halides is 2. The third-order valence-corrected chi connectivity index (χ3v) is 5.13. The number of benzene rings is 1. The van der Waals surface area contributed by atoms with Crippen molar-refractivity contribution >= 4 is 17.6 Å². The van der Waals surface area contributed by atoms with Gasteiger partial charge in [0.25, 0.3) is 5.91 Å². The van der Waals surface area contributed by atoms with E-state index in [9.17, 15) is 18.4 Å². The lowest BCUT2D eigenvalue weighted by Crippen LogP contribution is -2.44. The van der Waals surface area contributed by atoms with Crippen molar-refractivity contribution in [1.29, 1.82) is 0 Å². The lowest BCUT2D eigenvalue weighted by Gasteiger charge is -2.32. The van der Waals surface area contributed by atoms with E-state index in [-0.39, 0.29) is 29.3 Å². The standard InChI is InChI=1S/C22H28F2N4O3/c1-14-12-18(28(26-14)22(2,3)4)25-19(29)15-8-7-11-27(13-15)20(30)16-9-5-6-10-17(16)31-21(23)24/h5-6,9-10,12,15,21H,7-8,11,13H2,1-4H3,(H,25,29). The van der Waals surface area contributed by atoms with Gasteiger partial charge in [-0.25, -0.2) is 4.68 Å². The molecule has 168 valence electrons. The maximum absolute atomic E-state index is 13.0. The van der Waals surface area contributed by atoms with Crippen LogP contribution in [0.15, 0.2) is 30.3 Å². The Bertz CT molecular complexity index is 952. The number of hydrogen-bond donors (Lipinski definition) is 1. The molecule has 2 aromatic rings. The topological polar surface area (TPSA) is 76.5 Å². The van der Waals surface area contributed by atoms with E-state index in [0.29, 0.717) is 25.2 Å². The number of aromatic nitrogens is 2. The van der Waals surface area contributed by atoms with Crippen LogP contribution in [0.2, 0.25) is 0 Å². The molecule has 31 heavy (non-hydrogen) atoms. The molecule has 1 aliphatic heterocycles. The molecule has 0 radical (unpaired) electrons. The van der Waals surface area contributed by atoms with Crippen LogP contribution < -0.4 is 10.1 Å². The number of piperidine rings is 1. The molecule has 0 aliphatic carbocycles. The van der Waals surface area contributed by atoms with E-state index in [2.05, 4.69) is 15.2 Å². The van der Waals surface area contributed by atoms with E-state index in [4.69, 9.17) is 0 Å². The van der Waals surface area contributed by atoms with Crippen LogP contribution in [0.3, 0.4) is 0 Å². The summed E-state index contributed by atoms with van der Waals surface area (Å²) < 4.78 is 31.6. The van der Waals surface area contributed by atoms with Crippen molar-refractivity contribution in [3.8, 4) is 5.75 Å². The second-order valence-corrected chi connectivity index (χ2v) is 8.71. The molecule has 1 aromatic heterocycles. The van der Waals surface area contributed by atoms with E-state index < -0.39 is 18.4 Å². The van der Waals surface area contributed by atoms with Gasteiger partial charge in [-0.1, -0.05) is 12.1 Å². The quantitative estimate of drug-likeness (QED) is 0.771. The molecule has 1 aliphatic rings. The first-order chi connectivity index (χ1) is 14.6. The van der Waals surface area contributed by atoms with Gasteiger partial charge in [0.2, 0.25) is 5.91 Å². The predicted molar refractivity (Wildman–Crippen MR) is 112 cm³/mol. The highest BCUT2D eigenvalue weighted by Gasteiger charge is 2.31. The van der Waals surface area contributed by atoms with E-state index in [1.54, 1.807) is 10.7 Å². The molecule has 0 saturated carbocycles. The van der Waals surface area contributed by atoms with E-state index in [1.807, 2.05) is 33.8 Å². The summed E-state index contributed by atoms with van der Waals surface area (Å²) in [6, 6.07) is 7.72. The number of hydrogen-bond acceptors (Lipinski definition) is 4. The second kappa shape index (κ2) is 9.03. The fourth-order valence-electron chi connectivity index (χ4n) is 3.72. The largest absolute Gasteiger partial charge is 0.434 e. The smallest absolute Gasteiger partial charge is 0.387 e. The number of likely N-dealkylation sites (tertiary alicyclic amines) is 1. The monoisotopic (exact) mass is 434 g/mol. The lowest BCUT2D eigenvalue weighted by atomic mass is 9.96. The Morgan fingerprint density at radius 1 is 1.26 bits per heavy atom. The Hall–Kier alpha value is -2.97. The minimum atomic E-state index is -3.02. The van der Waals surface area contributed by atoms with Gasteiger partial charge in [-0.15, -0.1) is 0 Å². The molecule has 9 heteroatoms. The van der Waals surface area contributed by atoms with Crippen molar-refractivity contribution in [2.24, 2.45) is 5.92 Å². The molecule has 0 spiro atoms. The number of amides is 2. The normalized spacial score (nSPS) is 17.0. The van der Waals surface area contributed by atoms with Crippen LogP contribution in [0.1, 0.15) is 49.7 Å². The molecule has 1 N–H and O–H groups in total. The highest BCUT2D eigenvalue weighted by molar-refractivity contribution is 5.98. The Kier molecular flexibility index (Phi) is 6.62. The first-order valence-corrected chi connectivity index (χ1v) is 10.3. The molecule has 1 unspecified atom stereocenters. The van der Waals surface area contributed by atoms with E-state index in [1.165, 1.54) is 23.1 Å². The molecule has 2 amide bonds. The molecule has 2 heterocycles. The lowest BCUT2D eigenvalue weighted by molar-refractivity contribution is -0.121. The van der Waals surface area contributed by atoms with Gasteiger partial charge in [0.1, 0.15) is 11.6 Å². The van der Waals surface area contributed by atoms with E-state index >= 15 is 0 Å². The van der Waals surface area contributed by atoms with Crippen molar-refractivity contribution in [3.05, 3.63) is 41.6 Å². The highest BCUT2D eigenvalue weighted by Crippen LogP contribution is 2.27. The summed E-state index contributed by atoms with van der Waals surface area (Å²) in [5.74, 6) is -0.596. The number of halogens is 2. The number of nitrogens with one attached hydrogen (secondary N) is 1. The Balaban J connectivity index is 1.73. The number of nitrogens with zero attached hydrogens (tertiary/aromatic N) is 3. The second-order valence-electron chi connectivity index (χ2n) is 8.71. The average molecular weight is 434 g/mol. The SMILES string of the molecule is Cc1cc(NC(=O)C2CCCN(C(=O)c3ccccc3OC(F)F)C2)n(C(C)(C)C)n1. The molecular weight excluding hydrogens is 406 g/mol. The predicted octanol–water partition coefficient (Wildman–Crippen LogP) is 4.04. The number of rotatable bonds is 5. The summed E-state index contributed by atoms with van der Waals surface area (Å²) in [6.07, 6.45) is 1.27. The van der Waals surface area contributed by atoms with Crippen LogP contribution in [0.5, 0.6) is 5.75 Å². The first kappa shape index (κ1) is 22.7. The summed E-state index contributed by atoms with van der Waals surface area (Å²) in [6.45, 7) is 5.47. The van der Waals surface area contributed by atoms with Crippen molar-refractivity contribution in [2.45, 2.75) is 52.7 Å². The fourth-order valence-corrected chi connectivity index (χ4v) is 3.72. The van der Waals surface area contributed by atoms with Crippen molar-refractivity contribution in [1.82, 2.24) is 14.7 Å². The minimum absolute atomic E-state index is 0.0605. The number of carbonyl (C=O) groups excluding carboxylic acids is 2. The summed E-state index contributed by atoms with van der Waals surface area (Å²) in [5, 5.41) is 7.40. The van der Waals surface area contributed by atoms with Gasteiger partial charge in [0.15, 0.2) is 0 Å². The molecule has 1 fully saturated rings. The Morgan fingerprint density at radius 2 is 1.97 bits per heavy atom. The van der Waals surface area contributed by atoms with Gasteiger partial charge in [-0.2, -0.15) is 13.9 Å². The average Bonchev–Trinajstić information content (AvgIpc) is 3.08. The number of para-hydroxylation sites is 1. The minimum Gasteiger partial charge on any atom is -0.434 e. The van der Waals surface area contributed by atoms with Gasteiger partial charge in [0.05, 0.1) is 22.7 Å². The molecule has 7 nitrogen and oxygen atoms in total. The van der Waals surface area contributed by atoms with Crippen LogP contribution in [-0.4, -0.2) is 46.2 Å². The zero-order valence-electron chi connectivity index (χ0n) is 18.2. The number of aryl methyl sites for hydroxylation is 1. The zero-order chi connectivity index (χ0) is 22.8. The van der Waals surface area contributed by atoms with Gasteiger partial charge in [-0.3, -0.25) is 9.59 Å². The summed E-state index contributed by atoms with van der Waals surface area (Å²) >= 11 is 0. The number of anilines is 1. The van der Waals surface area contributed by atoms with E-state index in [0.717, 1.165) is 5.69 Å². The van der Waals surface area contributed by atoms with Crippen LogP contribution in [0.4, 0.5) is 14.6 Å².